The molecule has 1 heterocycles. The number of para-hydroxylation sites is 1. The number of ether oxygens (including phenoxy) is 2. The first-order valence-electron chi connectivity index (χ1n) is 7.70. The topological polar surface area (TPSA) is 50.8 Å². The second kappa shape index (κ2) is 6.94. The normalized spacial score (nSPS) is 15.5. The zero-order valence-corrected chi connectivity index (χ0v) is 15.0. The van der Waals surface area contributed by atoms with Crippen molar-refractivity contribution >= 4 is 35.0 Å². The molecule has 0 atom stereocenters. The molecular formula is C19H18N2O3S. The summed E-state index contributed by atoms with van der Waals surface area (Å²) >= 11 is 5.36. The van der Waals surface area contributed by atoms with Gasteiger partial charge in [0.15, 0.2) is 5.11 Å². The summed E-state index contributed by atoms with van der Waals surface area (Å²) in [5.74, 6) is 1.11. The van der Waals surface area contributed by atoms with Gasteiger partial charge in [-0.2, -0.15) is 0 Å². The van der Waals surface area contributed by atoms with E-state index < -0.39 is 0 Å². The third kappa shape index (κ3) is 3.21. The first kappa shape index (κ1) is 17.0. The molecule has 0 saturated carbocycles. The average molecular weight is 354 g/mol. The Balaban J connectivity index is 2.00. The second-order valence-electron chi connectivity index (χ2n) is 5.52. The van der Waals surface area contributed by atoms with Crippen LogP contribution in [0.5, 0.6) is 11.5 Å². The number of rotatable bonds is 4. The third-order valence-corrected chi connectivity index (χ3v) is 4.26. The quantitative estimate of drug-likeness (QED) is 0.675. The van der Waals surface area contributed by atoms with Gasteiger partial charge >= 0.3 is 0 Å². The summed E-state index contributed by atoms with van der Waals surface area (Å²) in [6.45, 7) is 1.94. The van der Waals surface area contributed by atoms with Crippen LogP contribution in [0.2, 0.25) is 0 Å². The Morgan fingerprint density at radius 1 is 1.12 bits per heavy atom. The molecule has 0 spiro atoms. The number of benzene rings is 2. The fourth-order valence-electron chi connectivity index (χ4n) is 2.68. The molecule has 1 N–H and O–H groups in total. The highest BCUT2D eigenvalue weighted by Gasteiger charge is 2.32. The predicted octanol–water partition coefficient (Wildman–Crippen LogP) is 3.27. The van der Waals surface area contributed by atoms with Crippen molar-refractivity contribution in [2.75, 3.05) is 19.1 Å². The van der Waals surface area contributed by atoms with Crippen LogP contribution in [0.25, 0.3) is 6.08 Å². The number of methoxy groups -OCH3 is 2. The Hall–Kier alpha value is -2.86. The largest absolute Gasteiger partial charge is 0.497 e. The van der Waals surface area contributed by atoms with Crippen molar-refractivity contribution in [3.63, 3.8) is 0 Å². The van der Waals surface area contributed by atoms with Crippen molar-refractivity contribution in [3.05, 3.63) is 59.3 Å². The Kier molecular flexibility index (Phi) is 4.72. The number of hydrogen-bond donors (Lipinski definition) is 1. The molecule has 0 unspecified atom stereocenters. The lowest BCUT2D eigenvalue weighted by Gasteiger charge is -2.16. The number of thiocarbonyl (C=S) groups is 1. The molecule has 1 aliphatic rings. The van der Waals surface area contributed by atoms with E-state index in [-0.39, 0.29) is 5.91 Å². The van der Waals surface area contributed by atoms with Gasteiger partial charge in [0.05, 0.1) is 19.9 Å². The van der Waals surface area contributed by atoms with E-state index in [0.29, 0.717) is 22.3 Å². The number of carbonyl (C=O) groups is 1. The van der Waals surface area contributed by atoms with E-state index in [1.807, 2.05) is 31.2 Å². The Labute approximate surface area is 151 Å². The maximum Gasteiger partial charge on any atom is 0.281 e. The van der Waals surface area contributed by atoms with Crippen molar-refractivity contribution < 1.29 is 14.3 Å². The highest BCUT2D eigenvalue weighted by atomic mass is 32.1. The molecule has 1 aliphatic heterocycles. The highest BCUT2D eigenvalue weighted by Crippen LogP contribution is 2.29. The van der Waals surface area contributed by atoms with Crippen LogP contribution in [-0.4, -0.2) is 25.2 Å². The summed E-state index contributed by atoms with van der Waals surface area (Å²) in [4.78, 5) is 14.4. The van der Waals surface area contributed by atoms with Crippen LogP contribution in [0, 0.1) is 6.92 Å². The van der Waals surface area contributed by atoms with Gasteiger partial charge in [0.2, 0.25) is 0 Å². The zero-order valence-electron chi connectivity index (χ0n) is 14.2. The molecule has 0 bridgehead atoms. The summed E-state index contributed by atoms with van der Waals surface area (Å²) < 4.78 is 10.6. The van der Waals surface area contributed by atoms with E-state index in [0.717, 1.165) is 16.8 Å². The predicted molar refractivity (Wildman–Crippen MR) is 102 cm³/mol. The summed E-state index contributed by atoms with van der Waals surface area (Å²) in [5.41, 5.74) is 2.86. The molecule has 2 aromatic rings. The van der Waals surface area contributed by atoms with Gasteiger partial charge < -0.3 is 14.8 Å². The monoisotopic (exact) mass is 354 g/mol. The van der Waals surface area contributed by atoms with E-state index >= 15 is 0 Å². The second-order valence-corrected chi connectivity index (χ2v) is 5.91. The van der Waals surface area contributed by atoms with Gasteiger partial charge in [-0.3, -0.25) is 9.69 Å². The van der Waals surface area contributed by atoms with Crippen molar-refractivity contribution in [1.29, 1.82) is 0 Å². The summed E-state index contributed by atoms with van der Waals surface area (Å²) in [5, 5.41) is 3.34. The molecule has 2 aromatic carbocycles. The lowest BCUT2D eigenvalue weighted by molar-refractivity contribution is -0.113. The van der Waals surface area contributed by atoms with Crippen LogP contribution < -0.4 is 19.7 Å². The highest BCUT2D eigenvalue weighted by molar-refractivity contribution is 7.80. The van der Waals surface area contributed by atoms with Gasteiger partial charge in [-0.25, -0.2) is 0 Å². The number of nitrogens with one attached hydrogen (secondary N) is 1. The molecule has 25 heavy (non-hydrogen) atoms. The molecule has 0 aromatic heterocycles. The summed E-state index contributed by atoms with van der Waals surface area (Å²) in [6.07, 6.45) is 1.72. The van der Waals surface area contributed by atoms with Crippen molar-refractivity contribution in [2.45, 2.75) is 6.92 Å². The van der Waals surface area contributed by atoms with E-state index in [1.54, 1.807) is 38.5 Å². The minimum absolute atomic E-state index is 0.204. The standard InChI is InChI=1S/C19H18N2O3S/c1-12-6-4-5-7-16(12)21-18(22)15(20-19(21)25)11-13-10-14(23-2)8-9-17(13)24-3/h4-11H,1-3H3,(H,20,25)/b15-11-. The number of anilines is 1. The molecule has 128 valence electrons. The number of aryl methyl sites for hydroxylation is 1. The SMILES string of the molecule is COc1ccc(OC)c(/C=C2\NC(=S)N(c3ccccc3C)C2=O)c1. The number of amides is 1. The molecule has 0 radical (unpaired) electrons. The Bertz CT molecular complexity index is 877. The Morgan fingerprint density at radius 2 is 1.88 bits per heavy atom. The summed E-state index contributed by atoms with van der Waals surface area (Å²) in [7, 11) is 3.17. The van der Waals surface area contributed by atoms with Crippen molar-refractivity contribution in [2.24, 2.45) is 0 Å². The molecular weight excluding hydrogens is 336 g/mol. The van der Waals surface area contributed by atoms with E-state index in [9.17, 15) is 4.79 Å². The fourth-order valence-corrected chi connectivity index (χ4v) is 2.97. The molecule has 1 saturated heterocycles. The van der Waals surface area contributed by atoms with Crippen LogP contribution in [0.4, 0.5) is 5.69 Å². The van der Waals surface area contributed by atoms with Crippen LogP contribution in [0.15, 0.2) is 48.2 Å². The minimum atomic E-state index is -0.204. The fraction of sp³-hybridized carbons (Fsp3) is 0.158. The molecule has 1 amide bonds. The van der Waals surface area contributed by atoms with Crippen LogP contribution in [-0.2, 0) is 4.79 Å². The van der Waals surface area contributed by atoms with E-state index in [4.69, 9.17) is 21.7 Å². The molecule has 3 rings (SSSR count). The van der Waals surface area contributed by atoms with Gasteiger partial charge in [-0.15, -0.1) is 0 Å². The molecule has 6 heteroatoms. The van der Waals surface area contributed by atoms with Crippen molar-refractivity contribution in [1.82, 2.24) is 5.32 Å². The Morgan fingerprint density at radius 3 is 2.56 bits per heavy atom. The lowest BCUT2D eigenvalue weighted by Crippen LogP contribution is -2.30. The first-order valence-corrected chi connectivity index (χ1v) is 8.10. The number of carbonyl (C=O) groups excluding carboxylic acids is 1. The van der Waals surface area contributed by atoms with Gasteiger partial charge in [0, 0.05) is 5.56 Å². The van der Waals surface area contributed by atoms with Gasteiger partial charge in [0.1, 0.15) is 17.2 Å². The molecule has 1 fully saturated rings. The van der Waals surface area contributed by atoms with Gasteiger partial charge in [0.25, 0.3) is 5.91 Å². The zero-order chi connectivity index (χ0) is 18.0. The van der Waals surface area contributed by atoms with Crippen LogP contribution in [0.1, 0.15) is 11.1 Å². The maximum absolute atomic E-state index is 12.9. The maximum atomic E-state index is 12.9. The minimum Gasteiger partial charge on any atom is -0.497 e. The third-order valence-electron chi connectivity index (χ3n) is 3.97. The summed E-state index contributed by atoms with van der Waals surface area (Å²) in [6, 6.07) is 13.0. The van der Waals surface area contributed by atoms with Crippen molar-refractivity contribution in [3.8, 4) is 11.5 Å². The van der Waals surface area contributed by atoms with Crippen LogP contribution in [0.3, 0.4) is 0 Å². The van der Waals surface area contributed by atoms with E-state index in [2.05, 4.69) is 5.32 Å². The first-order chi connectivity index (χ1) is 12.0. The number of nitrogens with zero attached hydrogens (tertiary/aromatic N) is 1. The van der Waals surface area contributed by atoms with Gasteiger partial charge in [-0.05, 0) is 55.0 Å². The number of hydrogen-bond acceptors (Lipinski definition) is 4. The van der Waals surface area contributed by atoms with Gasteiger partial charge in [-0.1, -0.05) is 18.2 Å². The van der Waals surface area contributed by atoms with Crippen LogP contribution >= 0.6 is 12.2 Å². The smallest absolute Gasteiger partial charge is 0.281 e. The average Bonchev–Trinajstić information content (AvgIpc) is 2.89. The van der Waals surface area contributed by atoms with E-state index in [1.165, 1.54) is 4.90 Å². The lowest BCUT2D eigenvalue weighted by atomic mass is 10.1. The molecule has 0 aliphatic carbocycles. The molecule has 5 nitrogen and oxygen atoms in total.